The summed E-state index contributed by atoms with van der Waals surface area (Å²) in [6.07, 6.45) is 2.49. The Morgan fingerprint density at radius 3 is 2.55 bits per heavy atom. The van der Waals surface area contributed by atoms with Gasteiger partial charge in [-0.25, -0.2) is 0 Å². The molecule has 2 aromatic rings. The van der Waals surface area contributed by atoms with Gasteiger partial charge in [0, 0.05) is 5.02 Å². The number of aryl methyl sites for hydroxylation is 1. The fourth-order valence-corrected chi connectivity index (χ4v) is 4.50. The molecular formula is C18H16Cl2. The molecule has 0 radical (unpaired) electrons. The van der Waals surface area contributed by atoms with E-state index in [9.17, 15) is 0 Å². The zero-order chi connectivity index (χ0) is 13.7. The number of fused-ring (bicyclic) bond motifs is 3. The van der Waals surface area contributed by atoms with Crippen molar-refractivity contribution in [3.05, 3.63) is 70.2 Å². The fraction of sp³-hybridized carbons (Fsp3) is 0.333. The summed E-state index contributed by atoms with van der Waals surface area (Å²) in [5, 5.41) is 0.879. The molecule has 2 aromatic carbocycles. The van der Waals surface area contributed by atoms with Crippen LogP contribution in [0.2, 0.25) is 5.02 Å². The van der Waals surface area contributed by atoms with E-state index in [1.165, 1.54) is 29.5 Å². The maximum atomic E-state index is 6.75. The van der Waals surface area contributed by atoms with Crippen molar-refractivity contribution < 1.29 is 0 Å². The SMILES string of the molecule is Clc1ccc(C(Cl)C2C3CCc4ccccc4C32)cc1. The third-order valence-electron chi connectivity index (χ3n) is 4.92. The molecule has 1 fully saturated rings. The lowest BCUT2D eigenvalue weighted by Gasteiger charge is -2.13. The number of hydrogen-bond donors (Lipinski definition) is 0. The molecule has 0 nitrogen and oxygen atoms in total. The van der Waals surface area contributed by atoms with E-state index in [0.717, 1.165) is 10.9 Å². The Morgan fingerprint density at radius 1 is 1.00 bits per heavy atom. The molecule has 2 aliphatic carbocycles. The molecular weight excluding hydrogens is 287 g/mol. The first kappa shape index (κ1) is 12.7. The average molecular weight is 303 g/mol. The lowest BCUT2D eigenvalue weighted by Crippen LogP contribution is -2.00. The van der Waals surface area contributed by atoms with Gasteiger partial charge < -0.3 is 0 Å². The zero-order valence-electron chi connectivity index (χ0n) is 11.1. The molecule has 2 aliphatic rings. The Kier molecular flexibility index (Phi) is 3.05. The van der Waals surface area contributed by atoms with Crippen molar-refractivity contribution in [2.45, 2.75) is 24.1 Å². The topological polar surface area (TPSA) is 0 Å². The van der Waals surface area contributed by atoms with Gasteiger partial charge >= 0.3 is 0 Å². The van der Waals surface area contributed by atoms with Crippen molar-refractivity contribution in [3.8, 4) is 0 Å². The molecule has 0 aliphatic heterocycles. The second-order valence-corrected chi connectivity index (χ2v) is 6.86. The van der Waals surface area contributed by atoms with Crippen molar-refractivity contribution in [2.24, 2.45) is 11.8 Å². The standard InChI is InChI=1S/C18H16Cl2/c19-13-8-5-12(6-9-13)18(20)17-15-10-7-11-3-1-2-4-14(11)16(15)17/h1-6,8-9,15-18H,7,10H2. The van der Waals surface area contributed by atoms with E-state index in [1.54, 1.807) is 0 Å². The molecule has 4 atom stereocenters. The maximum Gasteiger partial charge on any atom is 0.0622 e. The Morgan fingerprint density at radius 2 is 1.75 bits per heavy atom. The summed E-state index contributed by atoms with van der Waals surface area (Å²) in [4.78, 5) is 0. The Bertz CT molecular complexity index is 632. The van der Waals surface area contributed by atoms with Gasteiger partial charge in [0.25, 0.3) is 0 Å². The summed E-state index contributed by atoms with van der Waals surface area (Å²) in [7, 11) is 0. The van der Waals surface area contributed by atoms with Crippen LogP contribution in [0.5, 0.6) is 0 Å². The normalized spacial score (nSPS) is 28.4. The smallest absolute Gasteiger partial charge is 0.0622 e. The van der Waals surface area contributed by atoms with E-state index in [-0.39, 0.29) is 5.38 Å². The highest BCUT2D eigenvalue weighted by Gasteiger charge is 2.56. The van der Waals surface area contributed by atoms with Crippen LogP contribution in [0.3, 0.4) is 0 Å². The highest BCUT2D eigenvalue weighted by atomic mass is 35.5. The first-order valence-corrected chi connectivity index (χ1v) is 8.04. The maximum absolute atomic E-state index is 6.75. The van der Waals surface area contributed by atoms with Crippen molar-refractivity contribution in [1.82, 2.24) is 0 Å². The molecule has 102 valence electrons. The van der Waals surface area contributed by atoms with Gasteiger partial charge in [0.05, 0.1) is 5.38 Å². The van der Waals surface area contributed by atoms with E-state index < -0.39 is 0 Å². The molecule has 20 heavy (non-hydrogen) atoms. The Labute approximate surface area is 129 Å². The van der Waals surface area contributed by atoms with E-state index in [4.69, 9.17) is 23.2 Å². The van der Waals surface area contributed by atoms with Gasteiger partial charge in [0.2, 0.25) is 0 Å². The third kappa shape index (κ3) is 1.98. The van der Waals surface area contributed by atoms with Crippen LogP contribution in [0.25, 0.3) is 0 Å². The van der Waals surface area contributed by atoms with Gasteiger partial charge in [-0.3, -0.25) is 0 Å². The third-order valence-corrected chi connectivity index (χ3v) is 5.71. The van der Waals surface area contributed by atoms with Crippen LogP contribution in [0, 0.1) is 11.8 Å². The number of alkyl halides is 1. The van der Waals surface area contributed by atoms with E-state index >= 15 is 0 Å². The van der Waals surface area contributed by atoms with Crippen LogP contribution in [0.15, 0.2) is 48.5 Å². The predicted molar refractivity (Wildman–Crippen MR) is 84.5 cm³/mol. The Hall–Kier alpha value is -0.980. The van der Waals surface area contributed by atoms with Crippen LogP contribution in [-0.2, 0) is 6.42 Å². The van der Waals surface area contributed by atoms with Crippen LogP contribution < -0.4 is 0 Å². The molecule has 0 heterocycles. The first-order chi connectivity index (χ1) is 9.75. The van der Waals surface area contributed by atoms with Crippen molar-refractivity contribution in [2.75, 3.05) is 0 Å². The van der Waals surface area contributed by atoms with E-state index in [0.29, 0.717) is 11.8 Å². The molecule has 0 N–H and O–H groups in total. The minimum Gasteiger partial charge on any atom is -0.117 e. The minimum absolute atomic E-state index is 0.105. The number of benzene rings is 2. The molecule has 4 rings (SSSR count). The van der Waals surface area contributed by atoms with Gasteiger partial charge in [-0.2, -0.15) is 0 Å². The molecule has 2 heteroatoms. The predicted octanol–water partition coefficient (Wildman–Crippen LogP) is 5.60. The van der Waals surface area contributed by atoms with Crippen molar-refractivity contribution >= 4 is 23.2 Å². The van der Waals surface area contributed by atoms with Crippen LogP contribution in [0.4, 0.5) is 0 Å². The summed E-state index contributed by atoms with van der Waals surface area (Å²) >= 11 is 12.7. The van der Waals surface area contributed by atoms with Crippen molar-refractivity contribution in [3.63, 3.8) is 0 Å². The van der Waals surface area contributed by atoms with Crippen LogP contribution in [0.1, 0.15) is 34.4 Å². The molecule has 0 bridgehead atoms. The molecule has 0 spiro atoms. The van der Waals surface area contributed by atoms with E-state index in [1.807, 2.05) is 12.1 Å². The van der Waals surface area contributed by atoms with E-state index in [2.05, 4.69) is 36.4 Å². The highest BCUT2D eigenvalue weighted by molar-refractivity contribution is 6.30. The fourth-order valence-electron chi connectivity index (χ4n) is 3.89. The second kappa shape index (κ2) is 4.79. The number of hydrogen-bond acceptors (Lipinski definition) is 0. The molecule has 4 unspecified atom stereocenters. The largest absolute Gasteiger partial charge is 0.117 e. The monoisotopic (exact) mass is 302 g/mol. The summed E-state index contributed by atoms with van der Waals surface area (Å²) in [5.74, 6) is 2.02. The van der Waals surface area contributed by atoms with Gasteiger partial charge in [-0.05, 0) is 59.4 Å². The van der Waals surface area contributed by atoms with Gasteiger partial charge in [0.15, 0.2) is 0 Å². The molecule has 1 saturated carbocycles. The summed E-state index contributed by atoms with van der Waals surface area (Å²) in [6.45, 7) is 0. The number of halogens is 2. The van der Waals surface area contributed by atoms with Crippen LogP contribution >= 0.6 is 23.2 Å². The Balaban J connectivity index is 1.62. The number of rotatable bonds is 2. The summed E-state index contributed by atoms with van der Waals surface area (Å²) in [5.41, 5.74) is 4.26. The minimum atomic E-state index is 0.105. The van der Waals surface area contributed by atoms with Crippen LogP contribution in [-0.4, -0.2) is 0 Å². The average Bonchev–Trinajstić information content (AvgIpc) is 3.22. The molecule has 0 amide bonds. The van der Waals surface area contributed by atoms with Gasteiger partial charge in [0.1, 0.15) is 0 Å². The summed E-state index contributed by atoms with van der Waals surface area (Å²) < 4.78 is 0. The zero-order valence-corrected chi connectivity index (χ0v) is 12.6. The van der Waals surface area contributed by atoms with Gasteiger partial charge in [-0.1, -0.05) is 48.0 Å². The van der Waals surface area contributed by atoms with Crippen molar-refractivity contribution in [1.29, 1.82) is 0 Å². The lowest BCUT2D eigenvalue weighted by atomic mass is 9.92. The lowest BCUT2D eigenvalue weighted by molar-refractivity contribution is 0.622. The second-order valence-electron chi connectivity index (χ2n) is 5.96. The first-order valence-electron chi connectivity index (χ1n) is 7.23. The summed E-state index contributed by atoms with van der Waals surface area (Å²) in [6, 6.07) is 16.9. The molecule has 0 aromatic heterocycles. The quantitative estimate of drug-likeness (QED) is 0.634. The molecule has 0 saturated heterocycles. The highest BCUT2D eigenvalue weighted by Crippen LogP contribution is 2.65. The van der Waals surface area contributed by atoms with Gasteiger partial charge in [-0.15, -0.1) is 11.6 Å².